The second-order valence-corrected chi connectivity index (χ2v) is 9.76. The molecule has 1 saturated heterocycles. The van der Waals surface area contributed by atoms with Crippen LogP contribution in [-0.4, -0.2) is 30.6 Å². The number of ether oxygens (including phenoxy) is 3. The maximum absolute atomic E-state index is 13.3. The standard InChI is InChI=1S/C32H31N3O4/c36-30-22-38-31-26(25-16-18-33-19-17-25)12-7-13-27(31)35(30)28-14-15-29(37-20-23-8-3-1-4-9-23)34-32(28)39-21-24-10-5-2-6-11-24/h1-15,25,33H,16-22H2. The Bertz CT molecular complexity index is 1420. The van der Waals surface area contributed by atoms with Gasteiger partial charge in [0.15, 0.2) is 6.61 Å². The quantitative estimate of drug-likeness (QED) is 0.318. The van der Waals surface area contributed by atoms with Crippen molar-refractivity contribution in [2.45, 2.75) is 32.0 Å². The summed E-state index contributed by atoms with van der Waals surface area (Å²) < 4.78 is 18.3. The fourth-order valence-electron chi connectivity index (χ4n) is 5.16. The van der Waals surface area contributed by atoms with E-state index in [9.17, 15) is 4.79 Å². The highest BCUT2D eigenvalue weighted by atomic mass is 16.5. The molecule has 4 aromatic rings. The van der Waals surface area contributed by atoms with Gasteiger partial charge in [0.1, 0.15) is 24.7 Å². The molecule has 39 heavy (non-hydrogen) atoms. The highest BCUT2D eigenvalue weighted by molar-refractivity contribution is 6.05. The van der Waals surface area contributed by atoms with Gasteiger partial charge in [-0.1, -0.05) is 72.8 Å². The summed E-state index contributed by atoms with van der Waals surface area (Å²) in [6.07, 6.45) is 2.07. The van der Waals surface area contributed by atoms with Crippen molar-refractivity contribution in [2.24, 2.45) is 0 Å². The fourth-order valence-corrected chi connectivity index (χ4v) is 5.16. The van der Waals surface area contributed by atoms with Crippen LogP contribution >= 0.6 is 0 Å². The summed E-state index contributed by atoms with van der Waals surface area (Å²) >= 11 is 0. The third kappa shape index (κ3) is 5.59. The first-order valence-electron chi connectivity index (χ1n) is 13.4. The molecule has 1 fully saturated rings. The van der Waals surface area contributed by atoms with E-state index in [0.29, 0.717) is 42.3 Å². The topological polar surface area (TPSA) is 72.9 Å². The molecule has 0 radical (unpaired) electrons. The van der Waals surface area contributed by atoms with Crippen molar-refractivity contribution in [3.63, 3.8) is 0 Å². The molecule has 0 bridgehead atoms. The number of aromatic nitrogens is 1. The van der Waals surface area contributed by atoms with Crippen LogP contribution in [0.2, 0.25) is 0 Å². The zero-order chi connectivity index (χ0) is 26.4. The molecular weight excluding hydrogens is 490 g/mol. The smallest absolute Gasteiger partial charge is 0.269 e. The van der Waals surface area contributed by atoms with Crippen LogP contribution in [-0.2, 0) is 18.0 Å². The maximum Gasteiger partial charge on any atom is 0.269 e. The van der Waals surface area contributed by atoms with Crippen LogP contribution in [0.1, 0.15) is 35.4 Å². The lowest BCUT2D eigenvalue weighted by atomic mass is 9.89. The summed E-state index contributed by atoms with van der Waals surface area (Å²) in [5.41, 5.74) is 4.47. The van der Waals surface area contributed by atoms with Crippen LogP contribution in [0.15, 0.2) is 91.0 Å². The number of carbonyl (C=O) groups excluding carboxylic acids is 1. The van der Waals surface area contributed by atoms with E-state index in [0.717, 1.165) is 48.4 Å². The van der Waals surface area contributed by atoms with Gasteiger partial charge in [-0.05, 0) is 60.7 Å². The molecule has 0 saturated carbocycles. The second kappa shape index (κ2) is 11.6. The van der Waals surface area contributed by atoms with Crippen LogP contribution < -0.4 is 24.4 Å². The number of hydrogen-bond acceptors (Lipinski definition) is 6. The average Bonchev–Trinajstić information content (AvgIpc) is 3.00. The van der Waals surface area contributed by atoms with E-state index >= 15 is 0 Å². The Labute approximate surface area is 228 Å². The monoisotopic (exact) mass is 521 g/mol. The van der Waals surface area contributed by atoms with E-state index in [-0.39, 0.29) is 12.5 Å². The number of amides is 1. The van der Waals surface area contributed by atoms with Crippen LogP contribution in [0.4, 0.5) is 11.4 Å². The number of piperidine rings is 1. The predicted octanol–water partition coefficient (Wildman–Crippen LogP) is 5.76. The highest BCUT2D eigenvalue weighted by Gasteiger charge is 2.33. The van der Waals surface area contributed by atoms with Crippen LogP contribution in [0.25, 0.3) is 0 Å². The summed E-state index contributed by atoms with van der Waals surface area (Å²) in [4.78, 5) is 19.7. The Balaban J connectivity index is 1.35. The summed E-state index contributed by atoms with van der Waals surface area (Å²) in [6.45, 7) is 2.60. The molecule has 3 heterocycles. The molecule has 0 aliphatic carbocycles. The zero-order valence-corrected chi connectivity index (χ0v) is 21.7. The van der Waals surface area contributed by atoms with E-state index < -0.39 is 0 Å². The lowest BCUT2D eigenvalue weighted by Crippen LogP contribution is -2.36. The molecule has 0 spiro atoms. The summed E-state index contributed by atoms with van der Waals surface area (Å²) in [6, 6.07) is 29.5. The normalized spacial score (nSPS) is 15.4. The van der Waals surface area contributed by atoms with E-state index in [2.05, 4.69) is 11.4 Å². The van der Waals surface area contributed by atoms with Crippen LogP contribution in [0, 0.1) is 0 Å². The number of para-hydroxylation sites is 1. The number of carbonyl (C=O) groups is 1. The van der Waals surface area contributed by atoms with Gasteiger partial charge < -0.3 is 19.5 Å². The number of rotatable bonds is 8. The molecule has 1 N–H and O–H groups in total. The average molecular weight is 522 g/mol. The third-order valence-electron chi connectivity index (χ3n) is 7.14. The van der Waals surface area contributed by atoms with Gasteiger partial charge in [0, 0.05) is 6.07 Å². The number of hydrogen-bond donors (Lipinski definition) is 1. The van der Waals surface area contributed by atoms with Gasteiger partial charge in [0.2, 0.25) is 11.8 Å². The van der Waals surface area contributed by atoms with Crippen molar-refractivity contribution < 1.29 is 19.0 Å². The number of pyridine rings is 1. The number of benzene rings is 3. The summed E-state index contributed by atoms with van der Waals surface area (Å²) in [7, 11) is 0. The molecular formula is C32H31N3O4. The van der Waals surface area contributed by atoms with Crippen molar-refractivity contribution in [3.8, 4) is 17.5 Å². The Morgan fingerprint density at radius 1 is 0.795 bits per heavy atom. The molecule has 6 rings (SSSR count). The number of anilines is 2. The Morgan fingerprint density at radius 2 is 1.49 bits per heavy atom. The van der Waals surface area contributed by atoms with Gasteiger partial charge in [-0.3, -0.25) is 9.69 Å². The van der Waals surface area contributed by atoms with E-state index in [1.165, 1.54) is 0 Å². The minimum atomic E-state index is -0.172. The summed E-state index contributed by atoms with van der Waals surface area (Å²) in [5.74, 6) is 1.74. The van der Waals surface area contributed by atoms with E-state index in [1.54, 1.807) is 11.0 Å². The van der Waals surface area contributed by atoms with Gasteiger partial charge in [0.25, 0.3) is 5.91 Å². The van der Waals surface area contributed by atoms with Crippen molar-refractivity contribution in [3.05, 3.63) is 108 Å². The summed E-state index contributed by atoms with van der Waals surface area (Å²) in [5, 5.41) is 3.43. The number of nitrogens with zero attached hydrogens (tertiary/aromatic N) is 2. The lowest BCUT2D eigenvalue weighted by molar-refractivity contribution is -0.120. The number of nitrogens with one attached hydrogen (secondary N) is 1. The minimum absolute atomic E-state index is 0.0423. The maximum atomic E-state index is 13.3. The molecule has 7 heteroatoms. The lowest BCUT2D eigenvalue weighted by Gasteiger charge is -2.33. The molecule has 2 aliphatic heterocycles. The SMILES string of the molecule is O=C1COc2c(C3CCNCC3)cccc2N1c1ccc(OCc2ccccc2)nc1OCc1ccccc1. The minimum Gasteiger partial charge on any atom is -0.481 e. The molecule has 1 aromatic heterocycles. The first-order chi connectivity index (χ1) is 19.3. The van der Waals surface area contributed by atoms with Crippen molar-refractivity contribution >= 4 is 17.3 Å². The van der Waals surface area contributed by atoms with Crippen molar-refractivity contribution in [1.82, 2.24) is 10.3 Å². The molecule has 2 aliphatic rings. The Hall–Kier alpha value is -4.36. The largest absolute Gasteiger partial charge is 0.481 e. The Morgan fingerprint density at radius 3 is 2.21 bits per heavy atom. The fraction of sp³-hybridized carbons (Fsp3) is 0.250. The Kier molecular flexibility index (Phi) is 7.41. The van der Waals surface area contributed by atoms with Gasteiger partial charge in [-0.25, -0.2) is 0 Å². The second-order valence-electron chi connectivity index (χ2n) is 9.76. The van der Waals surface area contributed by atoms with Crippen molar-refractivity contribution in [1.29, 1.82) is 0 Å². The first-order valence-corrected chi connectivity index (χ1v) is 13.4. The molecule has 0 atom stereocenters. The van der Waals surface area contributed by atoms with E-state index in [4.69, 9.17) is 19.2 Å². The zero-order valence-electron chi connectivity index (χ0n) is 21.7. The van der Waals surface area contributed by atoms with E-state index in [1.807, 2.05) is 78.9 Å². The van der Waals surface area contributed by atoms with Crippen LogP contribution in [0.3, 0.4) is 0 Å². The first kappa shape index (κ1) is 24.9. The number of fused-ring (bicyclic) bond motifs is 1. The van der Waals surface area contributed by atoms with Crippen LogP contribution in [0.5, 0.6) is 17.5 Å². The molecule has 1 amide bonds. The predicted molar refractivity (Wildman–Crippen MR) is 150 cm³/mol. The molecule has 0 unspecified atom stereocenters. The third-order valence-corrected chi connectivity index (χ3v) is 7.14. The van der Waals surface area contributed by atoms with Gasteiger partial charge in [-0.2, -0.15) is 4.98 Å². The van der Waals surface area contributed by atoms with Gasteiger partial charge in [-0.15, -0.1) is 0 Å². The highest BCUT2D eigenvalue weighted by Crippen LogP contribution is 2.46. The molecule has 198 valence electrons. The molecule has 7 nitrogen and oxygen atoms in total. The van der Waals surface area contributed by atoms with Crippen molar-refractivity contribution in [2.75, 3.05) is 24.6 Å². The van der Waals surface area contributed by atoms with Gasteiger partial charge >= 0.3 is 0 Å². The van der Waals surface area contributed by atoms with Gasteiger partial charge in [0.05, 0.1) is 5.69 Å². The molecule has 3 aromatic carbocycles.